The third-order valence-corrected chi connectivity index (χ3v) is 8.06. The first-order valence-corrected chi connectivity index (χ1v) is 15.6. The van der Waals surface area contributed by atoms with Crippen LogP contribution in [0, 0.1) is 6.92 Å². The summed E-state index contributed by atoms with van der Waals surface area (Å²) in [5.74, 6) is 1.12. The number of aromatic nitrogens is 1. The van der Waals surface area contributed by atoms with E-state index in [1.807, 2.05) is 31.2 Å². The molecule has 2 amide bonds. The molecule has 0 saturated carbocycles. The number of methoxy groups -OCH3 is 1. The van der Waals surface area contributed by atoms with Gasteiger partial charge in [0, 0.05) is 48.1 Å². The van der Waals surface area contributed by atoms with Crippen molar-refractivity contribution in [1.29, 1.82) is 0 Å². The predicted octanol–water partition coefficient (Wildman–Crippen LogP) is 5.35. The number of pyridine rings is 1. The van der Waals surface area contributed by atoms with Crippen LogP contribution in [0.2, 0.25) is 0 Å². The number of rotatable bonds is 12. The van der Waals surface area contributed by atoms with Gasteiger partial charge in [-0.05, 0) is 93.0 Å². The topological polar surface area (TPSA) is 123 Å². The Morgan fingerprint density at radius 1 is 0.848 bits per heavy atom. The number of nitrogens with one attached hydrogen (secondary N) is 3. The number of nitrogens with zero attached hydrogens (tertiary/aromatic N) is 2. The molecule has 1 aromatic heterocycles. The molecule has 11 heteroatoms. The molecule has 2 aliphatic heterocycles. The fraction of sp³-hybridized carbons (Fsp3) is 0.343. The van der Waals surface area contributed by atoms with Gasteiger partial charge in [-0.15, -0.1) is 0 Å². The smallest absolute Gasteiger partial charge is 0.255 e. The highest BCUT2D eigenvalue weighted by Gasteiger charge is 2.17. The summed E-state index contributed by atoms with van der Waals surface area (Å²) < 4.78 is 22.5. The van der Waals surface area contributed by atoms with E-state index in [1.165, 1.54) is 12.8 Å². The zero-order valence-electron chi connectivity index (χ0n) is 26.2. The molecule has 0 spiro atoms. The highest BCUT2D eigenvalue weighted by Crippen LogP contribution is 2.32. The largest absolute Gasteiger partial charge is 0.486 e. The van der Waals surface area contributed by atoms with Crippen molar-refractivity contribution >= 4 is 39.8 Å². The Kier molecular flexibility index (Phi) is 9.80. The highest BCUT2D eigenvalue weighted by atomic mass is 16.6. The van der Waals surface area contributed by atoms with Crippen LogP contribution in [0.4, 0.5) is 17.1 Å². The molecule has 4 aromatic rings. The number of carbonyl (C=O) groups excluding carboxylic acids is 2. The first-order chi connectivity index (χ1) is 22.5. The molecule has 0 unspecified atom stereocenters. The van der Waals surface area contributed by atoms with Gasteiger partial charge in [0.2, 0.25) is 5.88 Å². The van der Waals surface area contributed by atoms with Gasteiger partial charge < -0.3 is 34.9 Å². The summed E-state index contributed by atoms with van der Waals surface area (Å²) >= 11 is 0. The van der Waals surface area contributed by atoms with E-state index < -0.39 is 0 Å². The van der Waals surface area contributed by atoms with Crippen LogP contribution in [0.5, 0.6) is 17.4 Å². The maximum absolute atomic E-state index is 13.4. The van der Waals surface area contributed by atoms with Gasteiger partial charge in [0.25, 0.3) is 11.8 Å². The molecule has 46 heavy (non-hydrogen) atoms. The minimum atomic E-state index is -0.297. The number of fused-ring (bicyclic) bond motifs is 2. The van der Waals surface area contributed by atoms with Crippen molar-refractivity contribution in [3.63, 3.8) is 0 Å². The zero-order chi connectivity index (χ0) is 31.9. The van der Waals surface area contributed by atoms with Crippen LogP contribution in [0.15, 0.2) is 60.7 Å². The molecule has 3 aromatic carbocycles. The van der Waals surface area contributed by atoms with Crippen LogP contribution >= 0.6 is 0 Å². The SMILES string of the molecule is COCCNc1cc2cc(C(=O)Nc3cc(NC(=O)c4ccc5c(c4)OCCO5)ccc3C)ccc2nc1OCCN1CCCC1. The number of hydrogen-bond acceptors (Lipinski definition) is 9. The Bertz CT molecular complexity index is 1720. The lowest BCUT2D eigenvalue weighted by Crippen LogP contribution is -2.25. The average molecular weight is 626 g/mol. The van der Waals surface area contributed by atoms with E-state index in [4.69, 9.17) is 23.9 Å². The van der Waals surface area contributed by atoms with E-state index in [9.17, 15) is 9.59 Å². The fourth-order valence-electron chi connectivity index (χ4n) is 5.52. The van der Waals surface area contributed by atoms with E-state index >= 15 is 0 Å². The molecule has 0 aliphatic carbocycles. The van der Waals surface area contributed by atoms with Crippen LogP contribution in [-0.4, -0.2) is 81.4 Å². The Balaban J connectivity index is 1.15. The summed E-state index contributed by atoms with van der Waals surface area (Å²) in [6, 6.07) is 17.8. The third kappa shape index (κ3) is 7.49. The van der Waals surface area contributed by atoms with Crippen LogP contribution in [-0.2, 0) is 4.74 Å². The van der Waals surface area contributed by atoms with Crippen molar-refractivity contribution in [3.05, 3.63) is 77.4 Å². The molecule has 3 N–H and O–H groups in total. The second kappa shape index (κ2) is 14.5. The summed E-state index contributed by atoms with van der Waals surface area (Å²) in [6.45, 7) is 7.57. The van der Waals surface area contributed by atoms with Crippen LogP contribution in [0.1, 0.15) is 39.1 Å². The molecule has 6 rings (SSSR count). The quantitative estimate of drug-likeness (QED) is 0.179. The normalized spacial score (nSPS) is 14.2. The number of carbonyl (C=O) groups is 2. The van der Waals surface area contributed by atoms with E-state index in [0.29, 0.717) is 72.9 Å². The molecule has 1 fully saturated rings. The third-order valence-electron chi connectivity index (χ3n) is 8.06. The maximum Gasteiger partial charge on any atom is 0.255 e. The Hall–Kier alpha value is -4.87. The predicted molar refractivity (Wildman–Crippen MR) is 178 cm³/mol. The van der Waals surface area contributed by atoms with Crippen molar-refractivity contribution in [3.8, 4) is 17.4 Å². The number of anilines is 3. The number of benzene rings is 3. The lowest BCUT2D eigenvalue weighted by molar-refractivity contribution is 0.101. The molecule has 2 aliphatic rings. The van der Waals surface area contributed by atoms with Crippen LogP contribution < -0.4 is 30.2 Å². The molecule has 11 nitrogen and oxygen atoms in total. The average Bonchev–Trinajstić information content (AvgIpc) is 3.59. The number of amides is 2. The first-order valence-electron chi connectivity index (χ1n) is 15.6. The van der Waals surface area contributed by atoms with Crippen molar-refractivity contribution < 1.29 is 28.5 Å². The molecule has 1 saturated heterocycles. The minimum absolute atomic E-state index is 0.278. The van der Waals surface area contributed by atoms with Crippen molar-refractivity contribution in [1.82, 2.24) is 9.88 Å². The molecule has 0 atom stereocenters. The standard InChI is InChI=1S/C35H39N5O6/c1-23-5-8-27(37-33(41)25-7-10-31-32(21-25)45-18-17-44-31)22-29(23)38-34(42)24-6-9-28-26(19-24)20-30(36-11-15-43-2)35(39-28)46-16-14-40-12-3-4-13-40/h5-10,19-22,36H,3-4,11-18H2,1-2H3,(H,37,41)(H,38,42). The number of likely N-dealkylation sites (tertiary alicyclic amines) is 1. The molecule has 0 bridgehead atoms. The van der Waals surface area contributed by atoms with Crippen LogP contribution in [0.3, 0.4) is 0 Å². The van der Waals surface area contributed by atoms with E-state index in [-0.39, 0.29) is 11.8 Å². The van der Waals surface area contributed by atoms with Crippen molar-refractivity contribution in [2.24, 2.45) is 0 Å². The summed E-state index contributed by atoms with van der Waals surface area (Å²) in [7, 11) is 1.66. The monoisotopic (exact) mass is 625 g/mol. The highest BCUT2D eigenvalue weighted by molar-refractivity contribution is 6.08. The fourth-order valence-corrected chi connectivity index (χ4v) is 5.52. The van der Waals surface area contributed by atoms with Gasteiger partial charge in [-0.25, -0.2) is 4.98 Å². The van der Waals surface area contributed by atoms with Gasteiger partial charge >= 0.3 is 0 Å². The second-order valence-electron chi connectivity index (χ2n) is 11.4. The van der Waals surface area contributed by atoms with Gasteiger partial charge in [0.15, 0.2) is 11.5 Å². The molecular formula is C35H39N5O6. The van der Waals surface area contributed by atoms with Gasteiger partial charge in [-0.1, -0.05) is 6.07 Å². The molecular weight excluding hydrogens is 586 g/mol. The van der Waals surface area contributed by atoms with Crippen LogP contribution in [0.25, 0.3) is 10.9 Å². The maximum atomic E-state index is 13.4. The molecule has 240 valence electrons. The van der Waals surface area contributed by atoms with E-state index in [1.54, 1.807) is 43.5 Å². The van der Waals surface area contributed by atoms with E-state index in [2.05, 4.69) is 20.9 Å². The Morgan fingerprint density at radius 3 is 2.43 bits per heavy atom. The molecule has 0 radical (unpaired) electrons. The van der Waals surface area contributed by atoms with Crippen molar-refractivity contribution in [2.75, 3.05) is 75.7 Å². The number of aryl methyl sites for hydroxylation is 1. The number of hydrogen-bond donors (Lipinski definition) is 3. The Labute approximate surface area is 268 Å². The molecule has 3 heterocycles. The lowest BCUT2D eigenvalue weighted by atomic mass is 10.1. The number of ether oxygens (including phenoxy) is 4. The second-order valence-corrected chi connectivity index (χ2v) is 11.4. The summed E-state index contributed by atoms with van der Waals surface area (Å²) in [5.41, 5.74) is 4.39. The van der Waals surface area contributed by atoms with E-state index in [0.717, 1.165) is 41.8 Å². The summed E-state index contributed by atoms with van der Waals surface area (Å²) in [4.78, 5) is 33.6. The Morgan fingerprint density at radius 2 is 1.61 bits per heavy atom. The lowest BCUT2D eigenvalue weighted by Gasteiger charge is -2.18. The van der Waals surface area contributed by atoms with Crippen molar-refractivity contribution in [2.45, 2.75) is 19.8 Å². The van der Waals surface area contributed by atoms with Gasteiger partial charge in [-0.2, -0.15) is 0 Å². The van der Waals surface area contributed by atoms with Gasteiger partial charge in [0.1, 0.15) is 19.8 Å². The minimum Gasteiger partial charge on any atom is -0.486 e. The summed E-state index contributed by atoms with van der Waals surface area (Å²) in [5, 5.41) is 10.1. The van der Waals surface area contributed by atoms with Gasteiger partial charge in [-0.3, -0.25) is 14.5 Å². The van der Waals surface area contributed by atoms with Gasteiger partial charge in [0.05, 0.1) is 17.8 Å². The summed E-state index contributed by atoms with van der Waals surface area (Å²) in [6.07, 6.45) is 2.47. The first kappa shape index (κ1) is 31.1. The zero-order valence-corrected chi connectivity index (χ0v) is 26.2.